The number of allylic oxidation sites excluding steroid dienone is 2. The molecule has 13 heteroatoms. The minimum Gasteiger partial charge on any atom is -0.477 e. The number of carboxylic acid groups (broad SMARTS) is 1. The Kier molecular flexibility index (Phi) is 6.86. The second kappa shape index (κ2) is 10.6. The lowest BCUT2D eigenvalue weighted by molar-refractivity contribution is 0.0695. The van der Waals surface area contributed by atoms with Gasteiger partial charge in [-0.2, -0.15) is 5.26 Å². The van der Waals surface area contributed by atoms with Gasteiger partial charge in [0.1, 0.15) is 23.1 Å². The SMILES string of the molecule is C=C(F)/C=C(/NC)c1[nH]c2ncc(-c3cnc4c(c3)c(=O)c(C(=O)O)cn4NC)c(N3CC[C@H]4CN(C)C[C@H]43)c2c1C#N. The van der Waals surface area contributed by atoms with Crippen LogP contribution in [-0.2, 0) is 0 Å². The van der Waals surface area contributed by atoms with Crippen molar-refractivity contribution >= 4 is 39.4 Å². The van der Waals surface area contributed by atoms with E-state index in [2.05, 4.69) is 55.2 Å². The van der Waals surface area contributed by atoms with Gasteiger partial charge in [0, 0.05) is 69.5 Å². The molecule has 4 aromatic rings. The second-order valence-corrected chi connectivity index (χ2v) is 10.9. The van der Waals surface area contributed by atoms with E-state index in [1.54, 1.807) is 32.6 Å². The minimum absolute atomic E-state index is 0.120. The quantitative estimate of drug-likeness (QED) is 0.239. The number of aromatic nitrogens is 4. The molecule has 220 valence electrons. The van der Waals surface area contributed by atoms with Gasteiger partial charge in [-0.3, -0.25) is 4.79 Å². The van der Waals surface area contributed by atoms with Crippen LogP contribution >= 0.6 is 0 Å². The van der Waals surface area contributed by atoms with Crippen molar-refractivity contribution in [3.8, 4) is 17.2 Å². The Morgan fingerprint density at radius 1 is 1.30 bits per heavy atom. The molecule has 4 N–H and O–H groups in total. The third kappa shape index (κ3) is 4.47. The standard InChI is InChI=1S/C30H30FN9O3/c1-15(31)7-22(33-2)25-19(9-32)24-26(39-6-5-16-12-38(4)14-23(16)39)20(11-35-28(24)37-25)17-8-18-27(41)21(30(42)43)13-40(34-3)29(18)36-10-17/h7-8,10-11,13,16,23,33-34H,1,5-6,12,14H2,2-4H3,(H,35,37)(H,42,43)/b22-7+/t16-,23+/m0/s1. The van der Waals surface area contributed by atoms with E-state index in [1.165, 1.54) is 16.9 Å². The lowest BCUT2D eigenvalue weighted by atomic mass is 9.99. The van der Waals surface area contributed by atoms with Gasteiger partial charge in [-0.25, -0.2) is 23.8 Å². The number of pyridine rings is 3. The molecule has 0 unspecified atom stereocenters. The molecule has 0 aromatic carbocycles. The highest BCUT2D eigenvalue weighted by atomic mass is 19.1. The molecule has 2 atom stereocenters. The first-order chi connectivity index (χ1) is 20.7. The topological polar surface area (TPSA) is 155 Å². The monoisotopic (exact) mass is 583 g/mol. The Balaban J connectivity index is 1.67. The molecular weight excluding hydrogens is 553 g/mol. The van der Waals surface area contributed by atoms with E-state index in [0.717, 1.165) is 31.7 Å². The van der Waals surface area contributed by atoms with Gasteiger partial charge in [0.2, 0.25) is 5.43 Å². The summed E-state index contributed by atoms with van der Waals surface area (Å²) in [7, 11) is 5.32. The predicted molar refractivity (Wildman–Crippen MR) is 162 cm³/mol. The maximum Gasteiger partial charge on any atom is 0.341 e. The van der Waals surface area contributed by atoms with Crippen LogP contribution in [0.3, 0.4) is 0 Å². The zero-order valence-corrected chi connectivity index (χ0v) is 23.9. The average molecular weight is 584 g/mol. The molecule has 0 radical (unpaired) electrons. The maximum absolute atomic E-state index is 13.9. The van der Waals surface area contributed by atoms with Crippen molar-refractivity contribution < 1.29 is 14.3 Å². The van der Waals surface area contributed by atoms with Crippen LogP contribution < -0.4 is 21.1 Å². The van der Waals surface area contributed by atoms with Gasteiger partial charge in [-0.1, -0.05) is 6.58 Å². The molecule has 4 aromatic heterocycles. The van der Waals surface area contributed by atoms with E-state index in [9.17, 15) is 24.3 Å². The summed E-state index contributed by atoms with van der Waals surface area (Å²) in [5, 5.41) is 23.8. The number of nitriles is 1. The summed E-state index contributed by atoms with van der Waals surface area (Å²) in [5.74, 6) is -1.59. The van der Waals surface area contributed by atoms with Gasteiger partial charge in [0.05, 0.1) is 33.4 Å². The number of hydrogen-bond donors (Lipinski definition) is 4. The molecular formula is C30H30FN9O3. The number of likely N-dealkylation sites (tertiary alicyclic amines) is 1. The van der Waals surface area contributed by atoms with Crippen molar-refractivity contribution in [2.24, 2.45) is 5.92 Å². The highest BCUT2D eigenvalue weighted by molar-refractivity contribution is 6.05. The highest BCUT2D eigenvalue weighted by Crippen LogP contribution is 2.45. The maximum atomic E-state index is 13.9. The molecule has 2 aliphatic heterocycles. The molecule has 0 bridgehead atoms. The first-order valence-corrected chi connectivity index (χ1v) is 13.8. The molecule has 0 aliphatic carbocycles. The number of nitrogens with zero attached hydrogens (tertiary/aromatic N) is 6. The smallest absolute Gasteiger partial charge is 0.341 e. The van der Waals surface area contributed by atoms with Gasteiger partial charge in [0.25, 0.3) is 0 Å². The van der Waals surface area contributed by atoms with E-state index in [4.69, 9.17) is 0 Å². The summed E-state index contributed by atoms with van der Waals surface area (Å²) in [5.41, 5.74) is 5.47. The van der Waals surface area contributed by atoms with Crippen LogP contribution in [0.4, 0.5) is 10.1 Å². The number of likely N-dealkylation sites (N-methyl/N-ethyl adjacent to an activating group) is 1. The molecule has 6 rings (SSSR count). The normalized spacial score (nSPS) is 18.7. The molecule has 2 fully saturated rings. The fourth-order valence-corrected chi connectivity index (χ4v) is 6.52. The van der Waals surface area contributed by atoms with Crippen LogP contribution in [0.25, 0.3) is 38.9 Å². The molecule has 12 nitrogen and oxygen atoms in total. The number of fused-ring (bicyclic) bond motifs is 3. The molecule has 0 amide bonds. The lowest BCUT2D eigenvalue weighted by Crippen LogP contribution is -2.35. The van der Waals surface area contributed by atoms with Crippen molar-refractivity contribution in [3.63, 3.8) is 0 Å². The summed E-state index contributed by atoms with van der Waals surface area (Å²) in [6.07, 6.45) is 6.67. The molecule has 2 aliphatic rings. The second-order valence-electron chi connectivity index (χ2n) is 10.9. The number of carbonyl (C=O) groups is 1. The largest absolute Gasteiger partial charge is 0.477 e. The summed E-state index contributed by atoms with van der Waals surface area (Å²) in [4.78, 5) is 42.1. The van der Waals surface area contributed by atoms with Crippen LogP contribution in [0.15, 0.2) is 47.9 Å². The third-order valence-corrected chi connectivity index (χ3v) is 8.39. The van der Waals surface area contributed by atoms with Crippen LogP contribution in [0.1, 0.15) is 28.0 Å². The van der Waals surface area contributed by atoms with Crippen LogP contribution in [-0.4, -0.2) is 82.4 Å². The van der Waals surface area contributed by atoms with E-state index in [-0.39, 0.29) is 22.6 Å². The van der Waals surface area contributed by atoms with E-state index < -0.39 is 22.8 Å². The van der Waals surface area contributed by atoms with Gasteiger partial charge >= 0.3 is 5.97 Å². The number of nitrogens with one attached hydrogen (secondary N) is 3. The van der Waals surface area contributed by atoms with Crippen LogP contribution in [0, 0.1) is 17.2 Å². The number of aromatic amines is 1. The number of halogens is 1. The molecule has 0 saturated carbocycles. The Morgan fingerprint density at radius 2 is 2.09 bits per heavy atom. The van der Waals surface area contributed by atoms with E-state index in [0.29, 0.717) is 39.5 Å². The highest BCUT2D eigenvalue weighted by Gasteiger charge is 2.42. The van der Waals surface area contributed by atoms with E-state index >= 15 is 0 Å². The van der Waals surface area contributed by atoms with E-state index in [1.807, 2.05) is 0 Å². The summed E-state index contributed by atoms with van der Waals surface area (Å²) >= 11 is 0. The molecule has 43 heavy (non-hydrogen) atoms. The first-order valence-electron chi connectivity index (χ1n) is 13.8. The van der Waals surface area contributed by atoms with Crippen molar-refractivity contribution in [2.45, 2.75) is 12.5 Å². The minimum atomic E-state index is -1.35. The Bertz CT molecular complexity index is 1950. The van der Waals surface area contributed by atoms with Crippen molar-refractivity contribution in [1.82, 2.24) is 29.8 Å². The average Bonchev–Trinajstić information content (AvgIpc) is 3.67. The zero-order chi connectivity index (χ0) is 30.6. The van der Waals surface area contributed by atoms with Crippen molar-refractivity contribution in [2.75, 3.05) is 51.1 Å². The third-order valence-electron chi connectivity index (χ3n) is 8.39. The predicted octanol–water partition coefficient (Wildman–Crippen LogP) is 2.87. The summed E-state index contributed by atoms with van der Waals surface area (Å²) < 4.78 is 15.3. The number of carboxylic acids is 1. The van der Waals surface area contributed by atoms with Gasteiger partial charge < -0.3 is 30.6 Å². The zero-order valence-electron chi connectivity index (χ0n) is 23.9. The van der Waals surface area contributed by atoms with Crippen molar-refractivity contribution in [3.05, 3.63) is 70.2 Å². The number of H-pyrrole nitrogens is 1. The molecule has 6 heterocycles. The summed E-state index contributed by atoms with van der Waals surface area (Å²) in [6.45, 7) is 5.87. The molecule has 2 saturated heterocycles. The fourth-order valence-electron chi connectivity index (χ4n) is 6.52. The van der Waals surface area contributed by atoms with Crippen LogP contribution in [0.2, 0.25) is 0 Å². The summed E-state index contributed by atoms with van der Waals surface area (Å²) in [6, 6.07) is 4.11. The van der Waals surface area contributed by atoms with Crippen molar-refractivity contribution in [1.29, 1.82) is 5.26 Å². The Labute approximate surface area is 245 Å². The molecule has 0 spiro atoms. The number of hydrogen-bond acceptors (Lipinski definition) is 9. The number of rotatable bonds is 7. The van der Waals surface area contributed by atoms with Crippen LogP contribution in [0.5, 0.6) is 0 Å². The van der Waals surface area contributed by atoms with Gasteiger partial charge in [-0.15, -0.1) is 0 Å². The van der Waals surface area contributed by atoms with Gasteiger partial charge in [-0.05, 0) is 31.5 Å². The lowest BCUT2D eigenvalue weighted by Gasteiger charge is -2.29. The fraction of sp³-hybridized carbons (Fsp3) is 0.300. The Hall–Kier alpha value is -5.22. The number of aromatic carboxylic acids is 1. The Morgan fingerprint density at radius 3 is 2.77 bits per heavy atom. The first kappa shape index (κ1) is 27.9. The van der Waals surface area contributed by atoms with Gasteiger partial charge in [0.15, 0.2) is 5.65 Å². The number of anilines is 1.